The molecular formula is C26H32N4O3. The fourth-order valence-corrected chi connectivity index (χ4v) is 4.67. The van der Waals surface area contributed by atoms with E-state index in [9.17, 15) is 4.79 Å². The summed E-state index contributed by atoms with van der Waals surface area (Å²) in [5, 5.41) is 2.98. The zero-order valence-corrected chi connectivity index (χ0v) is 19.5. The van der Waals surface area contributed by atoms with E-state index in [0.29, 0.717) is 6.54 Å². The molecule has 1 fully saturated rings. The number of fused-ring (bicyclic) bond motifs is 1. The molecule has 0 bridgehead atoms. The van der Waals surface area contributed by atoms with Crippen LogP contribution in [0.3, 0.4) is 0 Å². The molecule has 4 heterocycles. The number of nitrogens with one attached hydrogen (secondary N) is 1. The van der Waals surface area contributed by atoms with E-state index in [-0.39, 0.29) is 12.1 Å². The molecule has 1 saturated heterocycles. The summed E-state index contributed by atoms with van der Waals surface area (Å²) in [7, 11) is 0. The van der Waals surface area contributed by atoms with Crippen LogP contribution in [0.5, 0.6) is 0 Å². The van der Waals surface area contributed by atoms with Gasteiger partial charge < -0.3 is 19.4 Å². The van der Waals surface area contributed by atoms with E-state index >= 15 is 0 Å². The van der Waals surface area contributed by atoms with Crippen molar-refractivity contribution in [3.8, 4) is 11.3 Å². The second-order valence-corrected chi connectivity index (χ2v) is 9.22. The number of urea groups is 1. The fourth-order valence-electron chi connectivity index (χ4n) is 4.67. The van der Waals surface area contributed by atoms with Crippen molar-refractivity contribution >= 4 is 11.6 Å². The van der Waals surface area contributed by atoms with Gasteiger partial charge in [-0.3, -0.25) is 9.88 Å². The molecule has 7 heteroatoms. The minimum absolute atomic E-state index is 0.00996. The second kappa shape index (κ2) is 9.53. The van der Waals surface area contributed by atoms with Crippen molar-refractivity contribution in [1.29, 1.82) is 0 Å². The molecule has 0 radical (unpaired) electrons. The number of hydrogen-bond donors (Lipinski definition) is 1. The number of carbonyl (C=O) groups is 1. The van der Waals surface area contributed by atoms with Crippen LogP contribution in [0, 0.1) is 0 Å². The van der Waals surface area contributed by atoms with Crippen LogP contribution in [-0.2, 0) is 17.7 Å². The van der Waals surface area contributed by atoms with E-state index in [1.807, 2.05) is 31.0 Å². The summed E-state index contributed by atoms with van der Waals surface area (Å²) in [6.07, 6.45) is 8.07. The van der Waals surface area contributed by atoms with E-state index in [1.54, 1.807) is 0 Å². The molecule has 2 aliphatic heterocycles. The molecule has 33 heavy (non-hydrogen) atoms. The number of ether oxygens (including phenoxy) is 1. The Balaban J connectivity index is 1.29. The second-order valence-electron chi connectivity index (χ2n) is 9.22. The zero-order valence-electron chi connectivity index (χ0n) is 19.5. The third-order valence-electron chi connectivity index (χ3n) is 6.44. The molecule has 2 amide bonds. The van der Waals surface area contributed by atoms with Gasteiger partial charge >= 0.3 is 6.03 Å². The molecule has 2 aromatic heterocycles. The number of amides is 2. The van der Waals surface area contributed by atoms with Crippen LogP contribution < -0.4 is 5.32 Å². The van der Waals surface area contributed by atoms with Crippen LogP contribution in [0.1, 0.15) is 37.3 Å². The number of nitrogens with zero attached hydrogens (tertiary/aromatic N) is 3. The molecule has 2 aromatic rings. The van der Waals surface area contributed by atoms with Crippen molar-refractivity contribution in [1.82, 2.24) is 20.1 Å². The topological polar surface area (TPSA) is 70.8 Å². The Hall–Kier alpha value is -2.90. The van der Waals surface area contributed by atoms with Gasteiger partial charge in [-0.25, -0.2) is 4.79 Å². The predicted molar refractivity (Wildman–Crippen MR) is 128 cm³/mol. The average molecular weight is 449 g/mol. The lowest BCUT2D eigenvalue weighted by Gasteiger charge is -2.28. The molecule has 1 aliphatic carbocycles. The first-order valence-corrected chi connectivity index (χ1v) is 11.9. The summed E-state index contributed by atoms with van der Waals surface area (Å²) in [6.45, 7) is 9.59. The number of morpholine rings is 1. The van der Waals surface area contributed by atoms with E-state index in [0.717, 1.165) is 75.0 Å². The molecular weight excluding hydrogens is 416 g/mol. The molecule has 1 N–H and O–H groups in total. The number of carbonyl (C=O) groups excluding carboxylic acids is 1. The normalized spacial score (nSPS) is 18.8. The number of furan rings is 1. The third-order valence-corrected chi connectivity index (χ3v) is 6.44. The van der Waals surface area contributed by atoms with Gasteiger partial charge in [0.2, 0.25) is 0 Å². The van der Waals surface area contributed by atoms with Gasteiger partial charge in [0.15, 0.2) is 0 Å². The van der Waals surface area contributed by atoms with Crippen molar-refractivity contribution in [2.45, 2.75) is 39.3 Å². The molecule has 0 unspecified atom stereocenters. The lowest BCUT2D eigenvalue weighted by molar-refractivity contribution is 0.0314. The van der Waals surface area contributed by atoms with Crippen molar-refractivity contribution in [2.75, 3.05) is 39.4 Å². The van der Waals surface area contributed by atoms with Gasteiger partial charge in [-0.1, -0.05) is 12.2 Å². The third kappa shape index (κ3) is 4.89. The van der Waals surface area contributed by atoms with E-state index in [1.165, 1.54) is 16.7 Å². The Morgan fingerprint density at radius 2 is 2.03 bits per heavy atom. The quantitative estimate of drug-likeness (QED) is 0.752. The van der Waals surface area contributed by atoms with E-state index in [2.05, 4.69) is 34.5 Å². The van der Waals surface area contributed by atoms with Gasteiger partial charge in [0, 0.05) is 56.0 Å². The van der Waals surface area contributed by atoms with Crippen LogP contribution in [0.2, 0.25) is 0 Å². The Labute approximate surface area is 195 Å². The maximum absolute atomic E-state index is 12.3. The van der Waals surface area contributed by atoms with Gasteiger partial charge in [0.1, 0.15) is 11.5 Å². The minimum Gasteiger partial charge on any atom is -0.460 e. The summed E-state index contributed by atoms with van der Waals surface area (Å²) < 4.78 is 11.6. The number of rotatable bonds is 5. The Bertz CT molecular complexity index is 1080. The summed E-state index contributed by atoms with van der Waals surface area (Å²) in [5.41, 5.74) is 5.85. The summed E-state index contributed by atoms with van der Waals surface area (Å²) in [4.78, 5) is 21.3. The number of allylic oxidation sites excluding steroid dienone is 2. The van der Waals surface area contributed by atoms with Crippen LogP contribution in [0.15, 0.2) is 46.5 Å². The van der Waals surface area contributed by atoms with Gasteiger partial charge in [-0.05, 0) is 49.6 Å². The SMILES string of the molecule is CC(C)NC(=O)N1CC=C(C2=CCc3ncc(-c4ccc(CN5CCOCC5)o4)cc32)CC1. The first-order valence-electron chi connectivity index (χ1n) is 11.9. The summed E-state index contributed by atoms with van der Waals surface area (Å²) in [5.74, 6) is 1.83. The van der Waals surface area contributed by atoms with E-state index in [4.69, 9.17) is 14.1 Å². The molecule has 0 spiro atoms. The largest absolute Gasteiger partial charge is 0.460 e. The minimum atomic E-state index is 0.00996. The first-order chi connectivity index (χ1) is 16.1. The highest BCUT2D eigenvalue weighted by Crippen LogP contribution is 2.37. The number of hydrogen-bond acceptors (Lipinski definition) is 5. The van der Waals surface area contributed by atoms with Crippen LogP contribution in [0.4, 0.5) is 4.79 Å². The number of aromatic nitrogens is 1. The fraction of sp³-hybridized carbons (Fsp3) is 0.462. The Morgan fingerprint density at radius 3 is 2.79 bits per heavy atom. The van der Waals surface area contributed by atoms with E-state index < -0.39 is 0 Å². The van der Waals surface area contributed by atoms with Crippen molar-refractivity contribution < 1.29 is 13.9 Å². The smallest absolute Gasteiger partial charge is 0.317 e. The highest BCUT2D eigenvalue weighted by Gasteiger charge is 2.24. The summed E-state index contributed by atoms with van der Waals surface area (Å²) >= 11 is 0. The van der Waals surface area contributed by atoms with Gasteiger partial charge in [0.25, 0.3) is 0 Å². The van der Waals surface area contributed by atoms with Gasteiger partial charge in [-0.2, -0.15) is 0 Å². The summed E-state index contributed by atoms with van der Waals surface area (Å²) in [6, 6.07) is 6.47. The molecule has 7 nitrogen and oxygen atoms in total. The monoisotopic (exact) mass is 448 g/mol. The Kier molecular flexibility index (Phi) is 6.33. The van der Waals surface area contributed by atoms with Crippen molar-refractivity contribution in [2.24, 2.45) is 0 Å². The molecule has 0 atom stereocenters. The molecule has 174 valence electrons. The van der Waals surface area contributed by atoms with Crippen molar-refractivity contribution in [3.05, 3.63) is 59.1 Å². The lowest BCUT2D eigenvalue weighted by atomic mass is 9.95. The van der Waals surface area contributed by atoms with Gasteiger partial charge in [-0.15, -0.1) is 0 Å². The standard InChI is InChI=1S/C26H32N4O3/c1-18(2)28-26(31)30-9-7-19(8-10-30)22-4-5-24-23(22)15-20(16-27-24)25-6-3-21(33-25)17-29-11-13-32-14-12-29/h3-4,6-7,15-16,18H,5,8-14,17H2,1-2H3,(H,28,31). The number of pyridine rings is 1. The van der Waals surface area contributed by atoms with Crippen LogP contribution >= 0.6 is 0 Å². The maximum atomic E-state index is 12.3. The highest BCUT2D eigenvalue weighted by molar-refractivity contribution is 5.85. The van der Waals surface area contributed by atoms with Crippen LogP contribution in [0.25, 0.3) is 16.9 Å². The maximum Gasteiger partial charge on any atom is 0.317 e. The van der Waals surface area contributed by atoms with Gasteiger partial charge in [0.05, 0.1) is 25.5 Å². The predicted octanol–water partition coefficient (Wildman–Crippen LogP) is 3.86. The lowest BCUT2D eigenvalue weighted by Crippen LogP contribution is -2.44. The molecule has 0 saturated carbocycles. The molecule has 3 aliphatic rings. The molecule has 5 rings (SSSR count). The zero-order chi connectivity index (χ0) is 22.8. The average Bonchev–Trinajstić information content (AvgIpc) is 3.46. The Morgan fingerprint density at radius 1 is 1.18 bits per heavy atom. The highest BCUT2D eigenvalue weighted by atomic mass is 16.5. The van der Waals surface area contributed by atoms with Crippen molar-refractivity contribution in [3.63, 3.8) is 0 Å². The molecule has 0 aromatic carbocycles. The first kappa shape index (κ1) is 21.9. The van der Waals surface area contributed by atoms with Crippen LogP contribution in [-0.4, -0.2) is 66.2 Å².